The number of likely N-dealkylation sites (tertiary alicyclic amines) is 2. The summed E-state index contributed by atoms with van der Waals surface area (Å²) in [5, 5.41) is 9.98. The van der Waals surface area contributed by atoms with Crippen molar-refractivity contribution in [2.24, 2.45) is 17.3 Å². The molecular weight excluding hydrogens is 304 g/mol. The second-order valence-corrected chi connectivity index (χ2v) is 7.96. The van der Waals surface area contributed by atoms with Crippen LogP contribution in [0.1, 0.15) is 42.7 Å². The number of hydrogen-bond acceptors (Lipinski definition) is 4. The standard InChI is InChI=1S/C19H28N2O3/c22-14-16-13-21(18(23)17-2-1-11-24-17)10-7-19(16)5-8-20(9-6-19)12-15-3-4-15/h1-2,11,15-16,22H,3-10,12-14H2/t16-/m1/s1. The maximum absolute atomic E-state index is 12.5. The van der Waals surface area contributed by atoms with Gasteiger partial charge in [-0.3, -0.25) is 4.79 Å². The van der Waals surface area contributed by atoms with E-state index >= 15 is 0 Å². The van der Waals surface area contributed by atoms with Crippen LogP contribution in [0.3, 0.4) is 0 Å². The fraction of sp³-hybridized carbons (Fsp3) is 0.737. The zero-order chi connectivity index (χ0) is 16.6. The molecule has 3 heterocycles. The number of aliphatic hydroxyl groups is 1. The molecule has 0 unspecified atom stereocenters. The number of rotatable bonds is 4. The summed E-state index contributed by atoms with van der Waals surface area (Å²) in [6.07, 6.45) is 7.68. The van der Waals surface area contributed by atoms with Crippen molar-refractivity contribution in [1.29, 1.82) is 0 Å². The number of hydrogen-bond donors (Lipinski definition) is 1. The lowest BCUT2D eigenvalue weighted by atomic mass is 9.64. The van der Waals surface area contributed by atoms with Crippen molar-refractivity contribution in [2.45, 2.75) is 32.1 Å². The molecule has 0 radical (unpaired) electrons. The Morgan fingerprint density at radius 2 is 2.00 bits per heavy atom. The average Bonchev–Trinajstić information content (AvgIpc) is 3.25. The van der Waals surface area contributed by atoms with Crippen molar-refractivity contribution in [3.63, 3.8) is 0 Å². The lowest BCUT2D eigenvalue weighted by Crippen LogP contribution is -2.54. The molecule has 24 heavy (non-hydrogen) atoms. The molecule has 1 atom stereocenters. The van der Waals surface area contributed by atoms with Gasteiger partial charge in [-0.05, 0) is 68.7 Å². The second-order valence-electron chi connectivity index (χ2n) is 7.96. The fourth-order valence-electron chi connectivity index (χ4n) is 4.61. The molecule has 3 fully saturated rings. The Balaban J connectivity index is 1.38. The first kappa shape index (κ1) is 16.2. The highest BCUT2D eigenvalue weighted by Gasteiger charge is 2.45. The maximum atomic E-state index is 12.5. The zero-order valence-corrected chi connectivity index (χ0v) is 14.3. The van der Waals surface area contributed by atoms with E-state index in [1.54, 1.807) is 12.1 Å². The van der Waals surface area contributed by atoms with Crippen molar-refractivity contribution in [1.82, 2.24) is 9.80 Å². The van der Waals surface area contributed by atoms with Gasteiger partial charge in [0.15, 0.2) is 5.76 Å². The van der Waals surface area contributed by atoms with Gasteiger partial charge in [0.2, 0.25) is 0 Å². The smallest absolute Gasteiger partial charge is 0.289 e. The van der Waals surface area contributed by atoms with E-state index in [1.165, 1.54) is 25.6 Å². The van der Waals surface area contributed by atoms with Crippen molar-refractivity contribution in [2.75, 3.05) is 39.3 Å². The SMILES string of the molecule is O=C(c1ccco1)N1CCC2(CCN(CC3CC3)CC2)[C@@H](CO)C1. The monoisotopic (exact) mass is 332 g/mol. The highest BCUT2D eigenvalue weighted by molar-refractivity contribution is 5.91. The van der Waals surface area contributed by atoms with Crippen LogP contribution in [0.4, 0.5) is 0 Å². The molecule has 4 rings (SSSR count). The van der Waals surface area contributed by atoms with Gasteiger partial charge in [-0.25, -0.2) is 0 Å². The molecule has 1 aromatic rings. The molecule has 3 aliphatic rings. The molecule has 0 bridgehead atoms. The van der Waals surface area contributed by atoms with E-state index in [1.807, 2.05) is 4.90 Å². The lowest BCUT2D eigenvalue weighted by Gasteiger charge is -2.51. The van der Waals surface area contributed by atoms with Gasteiger partial charge in [-0.1, -0.05) is 0 Å². The molecule has 1 amide bonds. The lowest BCUT2D eigenvalue weighted by molar-refractivity contribution is -0.0363. The van der Waals surface area contributed by atoms with Gasteiger partial charge < -0.3 is 19.3 Å². The molecule has 1 saturated carbocycles. The predicted octanol–water partition coefficient (Wildman–Crippen LogP) is 2.23. The molecule has 1 spiro atoms. The van der Waals surface area contributed by atoms with Crippen LogP contribution in [0.15, 0.2) is 22.8 Å². The Hall–Kier alpha value is -1.33. The van der Waals surface area contributed by atoms with Crippen molar-refractivity contribution in [3.05, 3.63) is 24.2 Å². The number of carbonyl (C=O) groups is 1. The van der Waals surface area contributed by atoms with Crippen molar-refractivity contribution < 1.29 is 14.3 Å². The van der Waals surface area contributed by atoms with Crippen molar-refractivity contribution >= 4 is 5.91 Å². The Labute approximate surface area is 143 Å². The highest BCUT2D eigenvalue weighted by atomic mass is 16.3. The first-order chi connectivity index (χ1) is 11.7. The van der Waals surface area contributed by atoms with E-state index < -0.39 is 0 Å². The van der Waals surface area contributed by atoms with Gasteiger partial charge in [-0.15, -0.1) is 0 Å². The summed E-state index contributed by atoms with van der Waals surface area (Å²) in [4.78, 5) is 17.0. The molecular formula is C19H28N2O3. The van der Waals surface area contributed by atoms with Crippen LogP contribution in [0.5, 0.6) is 0 Å². The Morgan fingerprint density at radius 3 is 2.62 bits per heavy atom. The Bertz CT molecular complexity index is 559. The molecule has 1 aliphatic carbocycles. The second kappa shape index (κ2) is 6.52. The molecule has 5 nitrogen and oxygen atoms in total. The summed E-state index contributed by atoms with van der Waals surface area (Å²) < 4.78 is 5.25. The van der Waals surface area contributed by atoms with E-state index in [-0.39, 0.29) is 23.8 Å². The fourth-order valence-corrected chi connectivity index (χ4v) is 4.61. The third kappa shape index (κ3) is 3.11. The summed E-state index contributed by atoms with van der Waals surface area (Å²) in [5.74, 6) is 1.50. The number of piperidine rings is 2. The van der Waals surface area contributed by atoms with Gasteiger partial charge >= 0.3 is 0 Å². The number of amides is 1. The van der Waals surface area contributed by atoms with Crippen LogP contribution in [0.2, 0.25) is 0 Å². The molecule has 132 valence electrons. The van der Waals surface area contributed by atoms with Gasteiger partial charge in [-0.2, -0.15) is 0 Å². The minimum atomic E-state index is -0.0422. The van der Waals surface area contributed by atoms with Crippen molar-refractivity contribution in [3.8, 4) is 0 Å². The maximum Gasteiger partial charge on any atom is 0.289 e. The number of carbonyl (C=O) groups excluding carboxylic acids is 1. The van der Waals surface area contributed by atoms with Gasteiger partial charge in [0.1, 0.15) is 0 Å². The zero-order valence-electron chi connectivity index (χ0n) is 14.3. The van der Waals surface area contributed by atoms with Gasteiger partial charge in [0.05, 0.1) is 6.26 Å². The minimum Gasteiger partial charge on any atom is -0.459 e. The molecule has 5 heteroatoms. The summed E-state index contributed by atoms with van der Waals surface area (Å²) in [5.41, 5.74) is 0.217. The highest BCUT2D eigenvalue weighted by Crippen LogP contribution is 2.46. The molecule has 0 aromatic carbocycles. The first-order valence-corrected chi connectivity index (χ1v) is 9.36. The van der Waals surface area contributed by atoms with Gasteiger partial charge in [0, 0.05) is 32.2 Å². The number of nitrogens with zero attached hydrogens (tertiary/aromatic N) is 2. The topological polar surface area (TPSA) is 56.9 Å². The largest absolute Gasteiger partial charge is 0.459 e. The van der Waals surface area contributed by atoms with Crippen LogP contribution in [-0.2, 0) is 0 Å². The van der Waals surface area contributed by atoms with Crippen LogP contribution >= 0.6 is 0 Å². The van der Waals surface area contributed by atoms with Crippen LogP contribution < -0.4 is 0 Å². The van der Waals surface area contributed by atoms with E-state index in [4.69, 9.17) is 4.42 Å². The first-order valence-electron chi connectivity index (χ1n) is 9.36. The summed E-state index contributed by atoms with van der Waals surface area (Å²) in [7, 11) is 0. The van der Waals surface area contributed by atoms with E-state index in [0.29, 0.717) is 12.3 Å². The van der Waals surface area contributed by atoms with E-state index in [9.17, 15) is 9.90 Å². The van der Waals surface area contributed by atoms with Crippen LogP contribution in [-0.4, -0.2) is 60.1 Å². The van der Waals surface area contributed by atoms with Gasteiger partial charge in [0.25, 0.3) is 5.91 Å². The number of aliphatic hydroxyl groups excluding tert-OH is 1. The predicted molar refractivity (Wildman–Crippen MR) is 90.6 cm³/mol. The van der Waals surface area contributed by atoms with Crippen LogP contribution in [0, 0.1) is 17.3 Å². The normalized spacial score (nSPS) is 27.5. The Kier molecular flexibility index (Phi) is 4.39. The third-order valence-corrected chi connectivity index (χ3v) is 6.49. The molecule has 2 saturated heterocycles. The van der Waals surface area contributed by atoms with Crippen LogP contribution in [0.25, 0.3) is 0 Å². The summed E-state index contributed by atoms with van der Waals surface area (Å²) >= 11 is 0. The molecule has 1 N–H and O–H groups in total. The third-order valence-electron chi connectivity index (χ3n) is 6.49. The summed E-state index contributed by atoms with van der Waals surface area (Å²) in [6, 6.07) is 3.47. The molecule has 1 aromatic heterocycles. The Morgan fingerprint density at radius 1 is 1.25 bits per heavy atom. The average molecular weight is 332 g/mol. The quantitative estimate of drug-likeness (QED) is 0.919. The van der Waals surface area contributed by atoms with E-state index in [2.05, 4.69) is 4.90 Å². The van der Waals surface area contributed by atoms with E-state index in [0.717, 1.165) is 44.8 Å². The summed E-state index contributed by atoms with van der Waals surface area (Å²) in [6.45, 7) is 5.17. The molecule has 2 aliphatic heterocycles. The number of furan rings is 1. The minimum absolute atomic E-state index is 0.0422.